The molecule has 0 aromatic carbocycles. The van der Waals surface area contributed by atoms with E-state index in [2.05, 4.69) is 49.9 Å². The number of aromatic nitrogens is 4. The van der Waals surface area contributed by atoms with E-state index >= 15 is 0 Å². The predicted octanol–water partition coefficient (Wildman–Crippen LogP) is 6.02. The van der Waals surface area contributed by atoms with Gasteiger partial charge in [0.1, 0.15) is 11.3 Å². The molecule has 0 amide bonds. The molecule has 5 heterocycles. The first-order chi connectivity index (χ1) is 16.7. The van der Waals surface area contributed by atoms with Crippen LogP contribution in [0.4, 0.5) is 5.82 Å². The molecule has 1 aliphatic rings. The predicted molar refractivity (Wildman–Crippen MR) is 142 cm³/mol. The van der Waals surface area contributed by atoms with E-state index in [1.54, 1.807) is 11.3 Å². The smallest absolute Gasteiger partial charge is 0.152 e. The van der Waals surface area contributed by atoms with Gasteiger partial charge in [-0.15, -0.1) is 11.3 Å². The second-order valence-corrected chi connectivity index (χ2v) is 10.5. The van der Waals surface area contributed by atoms with Gasteiger partial charge in [0.25, 0.3) is 0 Å². The molecule has 1 saturated heterocycles. The Morgan fingerprint density at radius 2 is 1.79 bits per heavy atom. The first-order valence-corrected chi connectivity index (χ1v) is 13.8. The zero-order valence-electron chi connectivity index (χ0n) is 20.2. The summed E-state index contributed by atoms with van der Waals surface area (Å²) in [6.45, 7) is 6.88. The summed E-state index contributed by atoms with van der Waals surface area (Å²) in [5, 5.41) is 2.11. The number of thiophene rings is 1. The Bertz CT molecular complexity index is 1210. The summed E-state index contributed by atoms with van der Waals surface area (Å²) in [6.07, 6.45) is 13.4. The van der Waals surface area contributed by atoms with Crippen molar-refractivity contribution in [3.8, 4) is 0 Å². The summed E-state index contributed by atoms with van der Waals surface area (Å²) >= 11 is 1.75. The number of fused-ring (bicyclic) bond motifs is 3. The summed E-state index contributed by atoms with van der Waals surface area (Å²) in [7, 11) is 0. The first-order valence-electron chi connectivity index (χ1n) is 12.9. The molecule has 0 spiro atoms. The molecule has 1 fully saturated rings. The fourth-order valence-corrected chi connectivity index (χ4v) is 6.22. The molecule has 0 bridgehead atoms. The van der Waals surface area contributed by atoms with E-state index in [1.165, 1.54) is 79.8 Å². The Labute approximate surface area is 206 Å². The molecule has 7 heteroatoms. The molecule has 5 rings (SSSR count). The molecule has 0 unspecified atom stereocenters. The highest BCUT2D eigenvalue weighted by Gasteiger charge is 2.20. The second kappa shape index (κ2) is 10.8. The molecule has 0 saturated carbocycles. The van der Waals surface area contributed by atoms with Crippen LogP contribution in [0.3, 0.4) is 0 Å². The van der Waals surface area contributed by atoms with Crippen LogP contribution in [0.5, 0.6) is 0 Å². The van der Waals surface area contributed by atoms with Crippen molar-refractivity contribution in [2.75, 3.05) is 25.4 Å². The maximum absolute atomic E-state index is 6.31. The molecule has 4 aromatic heterocycles. The number of hydrogen-bond acceptors (Lipinski definition) is 6. The lowest BCUT2D eigenvalue weighted by Crippen LogP contribution is -2.33. The van der Waals surface area contributed by atoms with E-state index in [0.717, 1.165) is 30.4 Å². The summed E-state index contributed by atoms with van der Waals surface area (Å²) in [4.78, 5) is 16.4. The van der Waals surface area contributed by atoms with Crippen LogP contribution in [0, 0.1) is 0 Å². The molecule has 2 N–H and O–H groups in total. The minimum atomic E-state index is 0.563. The number of piperidine rings is 1. The Morgan fingerprint density at radius 3 is 2.59 bits per heavy atom. The molecule has 0 radical (unpaired) electrons. The molecule has 0 aliphatic carbocycles. The van der Waals surface area contributed by atoms with E-state index in [0.29, 0.717) is 11.7 Å². The van der Waals surface area contributed by atoms with Crippen LogP contribution in [-0.4, -0.2) is 44.1 Å². The fourth-order valence-electron chi connectivity index (χ4n) is 5.33. The first kappa shape index (κ1) is 23.2. The Balaban J connectivity index is 1.17. The maximum Gasteiger partial charge on any atom is 0.152 e. The number of imidazole rings is 1. The number of likely N-dealkylation sites (tertiary alicyclic amines) is 1. The van der Waals surface area contributed by atoms with Crippen LogP contribution in [0.25, 0.3) is 21.3 Å². The minimum Gasteiger partial charge on any atom is -0.382 e. The van der Waals surface area contributed by atoms with Crippen LogP contribution in [0.1, 0.15) is 69.2 Å². The van der Waals surface area contributed by atoms with Gasteiger partial charge in [0.05, 0.1) is 15.7 Å². The van der Waals surface area contributed by atoms with Gasteiger partial charge in [0, 0.05) is 25.4 Å². The Kier molecular flexibility index (Phi) is 7.40. The molecule has 4 aromatic rings. The van der Waals surface area contributed by atoms with Crippen LogP contribution in [-0.2, 0) is 13.0 Å². The maximum atomic E-state index is 6.31. The number of nitrogen functional groups attached to an aromatic ring is 1. The molecular weight excluding hydrogens is 440 g/mol. The number of unbranched alkanes of at least 4 members (excludes halogenated alkanes) is 3. The van der Waals surface area contributed by atoms with E-state index in [-0.39, 0.29) is 0 Å². The molecule has 34 heavy (non-hydrogen) atoms. The van der Waals surface area contributed by atoms with Gasteiger partial charge in [-0.2, -0.15) is 0 Å². The number of rotatable bonds is 10. The molecule has 1 aliphatic heterocycles. The van der Waals surface area contributed by atoms with Gasteiger partial charge in [-0.05, 0) is 86.8 Å². The third-order valence-electron chi connectivity index (χ3n) is 7.26. The number of aryl methyl sites for hydroxylation is 2. The third-order valence-corrected chi connectivity index (χ3v) is 8.18. The van der Waals surface area contributed by atoms with Crippen molar-refractivity contribution in [3.05, 3.63) is 47.4 Å². The standard InChI is InChI=1S/C27H36N6S/c1-2-3-7-23-31-24-25(26-22(12-19-34-26)30-27(24)28)33(23)16-6-4-5-15-32-17-10-21(11-18-32)20-8-13-29-14-9-20/h8-9,12-14,19,21H,2-7,10-11,15-18H2,1H3,(H2,28,30). The largest absolute Gasteiger partial charge is 0.382 e. The number of hydrogen-bond donors (Lipinski definition) is 1. The third kappa shape index (κ3) is 4.96. The van der Waals surface area contributed by atoms with E-state index in [1.807, 2.05) is 12.4 Å². The van der Waals surface area contributed by atoms with Crippen LogP contribution in [0.15, 0.2) is 36.0 Å². The van der Waals surface area contributed by atoms with Crippen molar-refractivity contribution in [1.29, 1.82) is 0 Å². The zero-order valence-corrected chi connectivity index (χ0v) is 21.1. The van der Waals surface area contributed by atoms with E-state index in [9.17, 15) is 0 Å². The number of nitrogens with zero attached hydrogens (tertiary/aromatic N) is 5. The fraction of sp³-hybridized carbons (Fsp3) is 0.519. The van der Waals surface area contributed by atoms with Gasteiger partial charge in [-0.1, -0.05) is 19.8 Å². The Morgan fingerprint density at radius 1 is 1.00 bits per heavy atom. The molecule has 0 atom stereocenters. The van der Waals surface area contributed by atoms with Gasteiger partial charge < -0.3 is 15.2 Å². The average molecular weight is 477 g/mol. The summed E-state index contributed by atoms with van der Waals surface area (Å²) < 4.78 is 3.67. The number of nitrogens with two attached hydrogens (primary N) is 1. The van der Waals surface area contributed by atoms with Gasteiger partial charge in [-0.3, -0.25) is 4.98 Å². The summed E-state index contributed by atoms with van der Waals surface area (Å²) in [5.74, 6) is 2.43. The molecule has 180 valence electrons. The van der Waals surface area contributed by atoms with E-state index in [4.69, 9.17) is 10.7 Å². The lowest BCUT2D eigenvalue weighted by Gasteiger charge is -2.32. The quantitative estimate of drug-likeness (QED) is 0.284. The topological polar surface area (TPSA) is 72.9 Å². The van der Waals surface area contributed by atoms with Gasteiger partial charge in [0.15, 0.2) is 5.82 Å². The van der Waals surface area contributed by atoms with Crippen LogP contribution >= 0.6 is 11.3 Å². The van der Waals surface area contributed by atoms with Crippen LogP contribution in [0.2, 0.25) is 0 Å². The van der Waals surface area contributed by atoms with Crippen molar-refractivity contribution >= 4 is 38.4 Å². The van der Waals surface area contributed by atoms with Crippen molar-refractivity contribution < 1.29 is 0 Å². The van der Waals surface area contributed by atoms with Gasteiger partial charge in [0.2, 0.25) is 0 Å². The number of pyridine rings is 2. The van der Waals surface area contributed by atoms with Crippen molar-refractivity contribution in [3.63, 3.8) is 0 Å². The normalized spacial score (nSPS) is 15.6. The second-order valence-electron chi connectivity index (χ2n) is 9.57. The molecular formula is C27H36N6S. The number of anilines is 1. The summed E-state index contributed by atoms with van der Waals surface area (Å²) in [6, 6.07) is 6.43. The highest BCUT2D eigenvalue weighted by Crippen LogP contribution is 2.33. The van der Waals surface area contributed by atoms with Gasteiger partial charge >= 0.3 is 0 Å². The minimum absolute atomic E-state index is 0.563. The molecule has 6 nitrogen and oxygen atoms in total. The monoisotopic (exact) mass is 476 g/mol. The van der Waals surface area contributed by atoms with Crippen molar-refractivity contribution in [2.24, 2.45) is 0 Å². The lowest BCUT2D eigenvalue weighted by atomic mass is 9.90. The zero-order chi connectivity index (χ0) is 23.3. The van der Waals surface area contributed by atoms with Crippen molar-refractivity contribution in [2.45, 2.75) is 70.8 Å². The van der Waals surface area contributed by atoms with Crippen LogP contribution < -0.4 is 5.73 Å². The SMILES string of the molecule is CCCCc1nc2c(N)nc3ccsc3c2n1CCCCCN1CCC(c2ccncc2)CC1. The highest BCUT2D eigenvalue weighted by atomic mass is 32.1. The van der Waals surface area contributed by atoms with Gasteiger partial charge in [-0.25, -0.2) is 9.97 Å². The summed E-state index contributed by atoms with van der Waals surface area (Å²) in [5.41, 5.74) is 10.8. The highest BCUT2D eigenvalue weighted by molar-refractivity contribution is 7.18. The Hall–Kier alpha value is -2.51. The van der Waals surface area contributed by atoms with Crippen molar-refractivity contribution in [1.82, 2.24) is 24.4 Å². The van der Waals surface area contributed by atoms with E-state index < -0.39 is 0 Å². The average Bonchev–Trinajstić information content (AvgIpc) is 3.48. The lowest BCUT2D eigenvalue weighted by molar-refractivity contribution is 0.208.